The number of aryl methyl sites for hydroxylation is 1. The molecule has 0 aliphatic heterocycles. The first-order valence-corrected chi connectivity index (χ1v) is 5.07. The number of rotatable bonds is 3. The minimum absolute atomic E-state index is 0.133. The summed E-state index contributed by atoms with van der Waals surface area (Å²) in [6.07, 6.45) is 2.32. The molecule has 5 nitrogen and oxygen atoms in total. The van der Waals surface area contributed by atoms with Crippen LogP contribution in [0.1, 0.15) is 26.1 Å². The van der Waals surface area contributed by atoms with Gasteiger partial charge in [-0.3, -0.25) is 0 Å². The highest BCUT2D eigenvalue weighted by Gasteiger charge is 2.11. The van der Waals surface area contributed by atoms with Gasteiger partial charge in [-0.25, -0.2) is 9.78 Å². The van der Waals surface area contributed by atoms with E-state index in [-0.39, 0.29) is 5.76 Å². The first-order valence-electron chi connectivity index (χ1n) is 4.25. The van der Waals surface area contributed by atoms with Crippen LogP contribution in [0.15, 0.2) is 16.8 Å². The number of carboxylic acids is 1. The molecule has 0 saturated heterocycles. The second-order valence-electron chi connectivity index (χ2n) is 3.01. The molecule has 0 amide bonds. The standard InChI is InChI=1S/C9H8N2O3S/c1-5-10-4-7(15-5)2-6-3-8(9(12)13)14-11-6/h3-4H,2H2,1H3,(H,12,13). The summed E-state index contributed by atoms with van der Waals surface area (Å²) in [4.78, 5) is 15.7. The van der Waals surface area contributed by atoms with Gasteiger partial charge in [0.25, 0.3) is 0 Å². The molecule has 0 aliphatic carbocycles. The van der Waals surface area contributed by atoms with Crippen LogP contribution in [0.2, 0.25) is 0 Å². The molecule has 0 aliphatic rings. The van der Waals surface area contributed by atoms with Crippen LogP contribution < -0.4 is 0 Å². The van der Waals surface area contributed by atoms with Gasteiger partial charge in [-0.05, 0) is 6.92 Å². The average Bonchev–Trinajstić information content (AvgIpc) is 2.76. The second kappa shape index (κ2) is 3.82. The maximum Gasteiger partial charge on any atom is 0.374 e. The highest BCUT2D eigenvalue weighted by atomic mass is 32.1. The van der Waals surface area contributed by atoms with Crippen LogP contribution in [-0.4, -0.2) is 21.2 Å². The van der Waals surface area contributed by atoms with E-state index in [0.717, 1.165) is 9.88 Å². The quantitative estimate of drug-likeness (QED) is 0.859. The van der Waals surface area contributed by atoms with Gasteiger partial charge in [-0.1, -0.05) is 5.16 Å². The van der Waals surface area contributed by atoms with Crippen molar-refractivity contribution in [3.63, 3.8) is 0 Å². The van der Waals surface area contributed by atoms with Gasteiger partial charge in [0.2, 0.25) is 5.76 Å². The molecule has 0 saturated carbocycles. The van der Waals surface area contributed by atoms with E-state index in [1.54, 1.807) is 17.5 Å². The van der Waals surface area contributed by atoms with E-state index < -0.39 is 5.97 Å². The van der Waals surface area contributed by atoms with E-state index in [4.69, 9.17) is 5.11 Å². The molecule has 0 radical (unpaired) electrons. The van der Waals surface area contributed by atoms with Gasteiger partial charge in [0.15, 0.2) is 0 Å². The molecule has 0 bridgehead atoms. The Labute approximate surface area is 89.4 Å². The minimum Gasteiger partial charge on any atom is -0.475 e. The van der Waals surface area contributed by atoms with Gasteiger partial charge in [0.1, 0.15) is 0 Å². The fraction of sp³-hybridized carbons (Fsp3) is 0.222. The Morgan fingerprint density at radius 3 is 3.00 bits per heavy atom. The third kappa shape index (κ3) is 2.21. The first-order chi connectivity index (χ1) is 7.15. The summed E-state index contributed by atoms with van der Waals surface area (Å²) in [5.74, 6) is -1.24. The Kier molecular flexibility index (Phi) is 2.51. The van der Waals surface area contributed by atoms with Crippen LogP contribution in [0.4, 0.5) is 0 Å². The van der Waals surface area contributed by atoms with Crippen molar-refractivity contribution in [2.45, 2.75) is 13.3 Å². The summed E-state index contributed by atoms with van der Waals surface area (Å²) in [5.41, 5.74) is 0.607. The molecule has 2 rings (SSSR count). The second-order valence-corrected chi connectivity index (χ2v) is 4.33. The maximum absolute atomic E-state index is 10.5. The number of nitrogens with zero attached hydrogens (tertiary/aromatic N) is 2. The lowest BCUT2D eigenvalue weighted by Gasteiger charge is -1.87. The topological polar surface area (TPSA) is 76.2 Å². The number of aromatic nitrogens is 2. The van der Waals surface area contributed by atoms with Crippen LogP contribution in [-0.2, 0) is 6.42 Å². The maximum atomic E-state index is 10.5. The monoisotopic (exact) mass is 224 g/mol. The van der Waals surface area contributed by atoms with Gasteiger partial charge in [-0.15, -0.1) is 11.3 Å². The summed E-state index contributed by atoms with van der Waals surface area (Å²) in [6, 6.07) is 1.43. The zero-order chi connectivity index (χ0) is 10.8. The van der Waals surface area contributed by atoms with Crippen molar-refractivity contribution < 1.29 is 14.4 Å². The third-order valence-corrected chi connectivity index (χ3v) is 2.71. The number of carbonyl (C=O) groups is 1. The Hall–Kier alpha value is -1.69. The highest BCUT2D eigenvalue weighted by Crippen LogP contribution is 2.16. The Morgan fingerprint density at radius 1 is 1.67 bits per heavy atom. The minimum atomic E-state index is -1.10. The van der Waals surface area contributed by atoms with Crippen molar-refractivity contribution in [2.24, 2.45) is 0 Å². The predicted octanol–water partition coefficient (Wildman–Crippen LogP) is 1.73. The van der Waals surface area contributed by atoms with E-state index >= 15 is 0 Å². The molecule has 78 valence electrons. The number of hydrogen-bond donors (Lipinski definition) is 1. The molecule has 2 heterocycles. The normalized spacial score (nSPS) is 10.5. The van der Waals surface area contributed by atoms with Crippen LogP contribution >= 0.6 is 11.3 Å². The van der Waals surface area contributed by atoms with Gasteiger partial charge in [-0.2, -0.15) is 0 Å². The van der Waals surface area contributed by atoms with Gasteiger partial charge in [0, 0.05) is 23.6 Å². The number of hydrogen-bond acceptors (Lipinski definition) is 5. The molecule has 0 spiro atoms. The smallest absolute Gasteiger partial charge is 0.374 e. The van der Waals surface area contributed by atoms with Crippen LogP contribution in [0.5, 0.6) is 0 Å². The fourth-order valence-electron chi connectivity index (χ4n) is 1.16. The Morgan fingerprint density at radius 2 is 2.47 bits per heavy atom. The third-order valence-electron chi connectivity index (χ3n) is 1.79. The lowest BCUT2D eigenvalue weighted by molar-refractivity contribution is 0.0652. The van der Waals surface area contributed by atoms with E-state index in [2.05, 4.69) is 14.7 Å². The van der Waals surface area contributed by atoms with Crippen molar-refractivity contribution in [2.75, 3.05) is 0 Å². The molecule has 0 aromatic carbocycles. The van der Waals surface area contributed by atoms with Crippen LogP contribution in [0, 0.1) is 6.92 Å². The number of carboxylic acid groups (broad SMARTS) is 1. The van der Waals surface area contributed by atoms with Gasteiger partial charge in [0.05, 0.1) is 10.7 Å². The predicted molar refractivity (Wildman–Crippen MR) is 53.1 cm³/mol. The summed E-state index contributed by atoms with van der Waals surface area (Å²) < 4.78 is 4.64. The van der Waals surface area contributed by atoms with Crippen molar-refractivity contribution >= 4 is 17.3 Å². The first kappa shape index (κ1) is 9.85. The van der Waals surface area contributed by atoms with E-state index in [1.165, 1.54) is 6.07 Å². The van der Waals surface area contributed by atoms with Crippen LogP contribution in [0.3, 0.4) is 0 Å². The molecule has 2 aromatic heterocycles. The molecule has 2 aromatic rings. The molecular formula is C9H8N2O3S. The SMILES string of the molecule is Cc1ncc(Cc2cc(C(=O)O)on2)s1. The molecule has 1 N–H and O–H groups in total. The van der Waals surface area contributed by atoms with Gasteiger partial charge >= 0.3 is 5.97 Å². The summed E-state index contributed by atoms with van der Waals surface area (Å²) in [7, 11) is 0. The summed E-state index contributed by atoms with van der Waals surface area (Å²) in [5, 5.41) is 13.3. The molecule has 0 fully saturated rings. The van der Waals surface area contributed by atoms with Crippen molar-refractivity contribution in [3.8, 4) is 0 Å². The zero-order valence-electron chi connectivity index (χ0n) is 7.93. The zero-order valence-corrected chi connectivity index (χ0v) is 8.74. The summed E-state index contributed by atoms with van der Waals surface area (Å²) >= 11 is 1.56. The lowest BCUT2D eigenvalue weighted by atomic mass is 10.2. The Bertz CT molecular complexity index is 489. The number of thiazole rings is 1. The summed E-state index contributed by atoms with van der Waals surface area (Å²) in [6.45, 7) is 1.92. The van der Waals surface area contributed by atoms with Crippen molar-refractivity contribution in [3.05, 3.63) is 33.6 Å². The molecule has 0 atom stereocenters. The Balaban J connectivity index is 2.14. The van der Waals surface area contributed by atoms with Gasteiger partial charge < -0.3 is 9.63 Å². The largest absolute Gasteiger partial charge is 0.475 e. The van der Waals surface area contributed by atoms with Crippen molar-refractivity contribution in [1.29, 1.82) is 0 Å². The van der Waals surface area contributed by atoms with E-state index in [9.17, 15) is 4.79 Å². The molecule has 0 unspecified atom stereocenters. The van der Waals surface area contributed by atoms with Crippen molar-refractivity contribution in [1.82, 2.24) is 10.1 Å². The van der Waals surface area contributed by atoms with E-state index in [0.29, 0.717) is 12.1 Å². The average molecular weight is 224 g/mol. The fourth-order valence-corrected chi connectivity index (χ4v) is 1.97. The highest BCUT2D eigenvalue weighted by molar-refractivity contribution is 7.11. The molecule has 15 heavy (non-hydrogen) atoms. The van der Waals surface area contributed by atoms with E-state index in [1.807, 2.05) is 6.92 Å². The molecule has 6 heteroatoms. The lowest BCUT2D eigenvalue weighted by Crippen LogP contribution is -1.92. The number of aromatic carboxylic acids is 1. The molecular weight excluding hydrogens is 216 g/mol. The van der Waals surface area contributed by atoms with Crippen LogP contribution in [0.25, 0.3) is 0 Å².